The van der Waals surface area contributed by atoms with E-state index in [-0.39, 0.29) is 24.0 Å². The third kappa shape index (κ3) is 3.92. The van der Waals surface area contributed by atoms with E-state index < -0.39 is 5.54 Å². The number of nitrogens with one attached hydrogen (secondary N) is 2. The van der Waals surface area contributed by atoms with Gasteiger partial charge in [0.15, 0.2) is 11.5 Å². The number of nitrogens with zero attached hydrogens (tertiary/aromatic N) is 1. The maximum atomic E-state index is 12.6. The number of ether oxygens (including phenoxy) is 2. The molecule has 2 aliphatic rings. The van der Waals surface area contributed by atoms with Gasteiger partial charge in [0.1, 0.15) is 10.7 Å². The van der Waals surface area contributed by atoms with Gasteiger partial charge in [-0.3, -0.25) is 9.59 Å². The van der Waals surface area contributed by atoms with E-state index in [0.717, 1.165) is 40.8 Å². The van der Waals surface area contributed by atoms with Crippen LogP contribution in [-0.2, 0) is 28.9 Å². The van der Waals surface area contributed by atoms with Crippen molar-refractivity contribution in [2.24, 2.45) is 0 Å². The molecule has 9 heteroatoms. The van der Waals surface area contributed by atoms with Crippen molar-refractivity contribution in [2.45, 2.75) is 44.4 Å². The number of carbonyl (C=O) groups is 1. The average Bonchev–Trinajstić information content (AvgIpc) is 3.42. The number of hydrogen-bond donors (Lipinski definition) is 2. The van der Waals surface area contributed by atoms with Crippen LogP contribution < -0.4 is 20.3 Å². The number of thioether (sulfide) groups is 1. The molecule has 0 unspecified atom stereocenters. The van der Waals surface area contributed by atoms with Crippen molar-refractivity contribution < 1.29 is 14.3 Å². The highest BCUT2D eigenvalue weighted by molar-refractivity contribution is 7.99. The quantitative estimate of drug-likeness (QED) is 0.589. The Labute approximate surface area is 187 Å². The van der Waals surface area contributed by atoms with Crippen molar-refractivity contribution in [1.82, 2.24) is 15.3 Å². The number of benzene rings is 1. The number of thiophene rings is 1. The third-order valence-electron chi connectivity index (χ3n) is 5.64. The molecule has 3 aromatic rings. The lowest BCUT2D eigenvalue weighted by Gasteiger charge is -2.27. The second-order valence-electron chi connectivity index (χ2n) is 8.28. The molecule has 1 amide bonds. The summed E-state index contributed by atoms with van der Waals surface area (Å²) in [7, 11) is 0. The molecule has 0 fully saturated rings. The van der Waals surface area contributed by atoms with Crippen LogP contribution in [-0.4, -0.2) is 28.4 Å². The van der Waals surface area contributed by atoms with Gasteiger partial charge in [-0.2, -0.15) is 0 Å². The minimum Gasteiger partial charge on any atom is -0.454 e. The number of H-pyrrole nitrogens is 1. The van der Waals surface area contributed by atoms with Crippen molar-refractivity contribution >= 4 is 39.2 Å². The highest BCUT2D eigenvalue weighted by Crippen LogP contribution is 2.36. The van der Waals surface area contributed by atoms with Crippen molar-refractivity contribution in [2.75, 3.05) is 12.5 Å². The summed E-state index contributed by atoms with van der Waals surface area (Å²) in [6.07, 6.45) is 3.12. The van der Waals surface area contributed by atoms with Gasteiger partial charge >= 0.3 is 0 Å². The van der Waals surface area contributed by atoms with Gasteiger partial charge in [0, 0.05) is 4.88 Å². The SMILES string of the molecule is CC(C)(NC(=O)CSCc1nc2sc3c(c2c(=O)[nH]1)CCC3)c1ccc2c(c1)OCO2. The Morgan fingerprint density at radius 3 is 3.00 bits per heavy atom. The Bertz CT molecular complexity index is 1230. The van der Waals surface area contributed by atoms with Crippen LogP contribution in [0.3, 0.4) is 0 Å². The van der Waals surface area contributed by atoms with E-state index in [1.807, 2.05) is 32.0 Å². The zero-order valence-corrected chi connectivity index (χ0v) is 19.0. The van der Waals surface area contributed by atoms with Gasteiger partial charge in [-0.15, -0.1) is 23.1 Å². The number of rotatable bonds is 6. The number of aromatic nitrogens is 2. The van der Waals surface area contributed by atoms with E-state index in [4.69, 9.17) is 9.47 Å². The minimum absolute atomic E-state index is 0.0617. The molecular weight excluding hydrogens is 434 g/mol. The Hall–Kier alpha value is -2.52. The van der Waals surface area contributed by atoms with Crippen LogP contribution in [0.5, 0.6) is 11.5 Å². The monoisotopic (exact) mass is 457 g/mol. The average molecular weight is 458 g/mol. The lowest BCUT2D eigenvalue weighted by atomic mass is 9.94. The first-order valence-corrected chi connectivity index (χ1v) is 12.2. The van der Waals surface area contributed by atoms with Crippen molar-refractivity contribution in [3.63, 3.8) is 0 Å². The Morgan fingerprint density at radius 2 is 2.13 bits per heavy atom. The predicted molar refractivity (Wildman–Crippen MR) is 122 cm³/mol. The van der Waals surface area contributed by atoms with E-state index in [1.54, 1.807) is 11.3 Å². The number of amides is 1. The van der Waals surface area contributed by atoms with Crippen molar-refractivity contribution in [3.05, 3.63) is 50.4 Å². The Morgan fingerprint density at radius 1 is 1.29 bits per heavy atom. The molecule has 2 N–H and O–H groups in total. The summed E-state index contributed by atoms with van der Waals surface area (Å²) in [5, 5.41) is 3.83. The van der Waals surface area contributed by atoms with Gasteiger partial charge in [-0.05, 0) is 56.4 Å². The van der Waals surface area contributed by atoms with Crippen LogP contribution in [0, 0.1) is 0 Å². The molecular formula is C22H23N3O4S2. The summed E-state index contributed by atoms with van der Waals surface area (Å²) < 4.78 is 10.8. The van der Waals surface area contributed by atoms with Gasteiger partial charge < -0.3 is 19.8 Å². The summed E-state index contributed by atoms with van der Waals surface area (Å²) in [4.78, 5) is 34.7. The number of fused-ring (bicyclic) bond motifs is 4. The summed E-state index contributed by atoms with van der Waals surface area (Å²) in [5.41, 5.74) is 1.51. The summed E-state index contributed by atoms with van der Waals surface area (Å²) in [6, 6.07) is 5.69. The smallest absolute Gasteiger partial charge is 0.259 e. The Kier molecular flexibility index (Phi) is 5.18. The van der Waals surface area contributed by atoms with Crippen LogP contribution in [0.15, 0.2) is 23.0 Å². The number of aryl methyl sites for hydroxylation is 2. The maximum Gasteiger partial charge on any atom is 0.259 e. The molecule has 0 atom stereocenters. The number of aromatic amines is 1. The van der Waals surface area contributed by atoms with Crippen LogP contribution >= 0.6 is 23.1 Å². The molecule has 1 aliphatic carbocycles. The predicted octanol–water partition coefficient (Wildman–Crippen LogP) is 3.49. The highest BCUT2D eigenvalue weighted by Gasteiger charge is 2.26. The summed E-state index contributed by atoms with van der Waals surface area (Å²) in [5.74, 6) is 2.70. The van der Waals surface area contributed by atoms with Gasteiger partial charge in [0.2, 0.25) is 12.7 Å². The number of hydrogen-bond acceptors (Lipinski definition) is 7. The van der Waals surface area contributed by atoms with E-state index in [1.165, 1.54) is 22.2 Å². The fourth-order valence-electron chi connectivity index (χ4n) is 4.10. The molecule has 2 aromatic heterocycles. The van der Waals surface area contributed by atoms with Crippen molar-refractivity contribution in [3.8, 4) is 11.5 Å². The van der Waals surface area contributed by atoms with Crippen LogP contribution in [0.4, 0.5) is 0 Å². The van der Waals surface area contributed by atoms with E-state index in [0.29, 0.717) is 17.3 Å². The van der Waals surface area contributed by atoms with E-state index in [2.05, 4.69) is 15.3 Å². The van der Waals surface area contributed by atoms with Crippen LogP contribution in [0.2, 0.25) is 0 Å². The molecule has 1 aliphatic heterocycles. The molecule has 7 nitrogen and oxygen atoms in total. The maximum absolute atomic E-state index is 12.6. The first-order chi connectivity index (χ1) is 14.9. The largest absolute Gasteiger partial charge is 0.454 e. The Balaban J connectivity index is 1.20. The lowest BCUT2D eigenvalue weighted by molar-refractivity contribution is -0.120. The van der Waals surface area contributed by atoms with Crippen LogP contribution in [0.25, 0.3) is 10.2 Å². The van der Waals surface area contributed by atoms with Gasteiger partial charge in [0.05, 0.1) is 22.4 Å². The van der Waals surface area contributed by atoms with Crippen LogP contribution in [0.1, 0.15) is 42.1 Å². The second kappa shape index (κ2) is 7.87. The zero-order valence-electron chi connectivity index (χ0n) is 17.4. The number of carbonyl (C=O) groups excluding carboxylic acids is 1. The van der Waals surface area contributed by atoms with Crippen molar-refractivity contribution in [1.29, 1.82) is 0 Å². The molecule has 0 spiro atoms. The lowest BCUT2D eigenvalue weighted by Crippen LogP contribution is -2.41. The standard InChI is InChI=1S/C22H23N3O4S2/c1-22(2,12-6-7-14-15(8-12)29-11-28-14)25-18(26)10-30-9-17-23-20(27)19-13-4-3-5-16(13)31-21(19)24-17/h6-8H,3-5,9-11H2,1-2H3,(H,25,26)(H,23,24,27). The molecule has 5 rings (SSSR count). The fraction of sp³-hybridized carbons (Fsp3) is 0.409. The topological polar surface area (TPSA) is 93.3 Å². The van der Waals surface area contributed by atoms with E-state index >= 15 is 0 Å². The molecule has 31 heavy (non-hydrogen) atoms. The second-order valence-corrected chi connectivity index (χ2v) is 10.4. The fourth-order valence-corrected chi connectivity index (χ4v) is 6.07. The molecule has 0 radical (unpaired) electrons. The molecule has 3 heterocycles. The molecule has 0 saturated carbocycles. The normalized spacial score (nSPS) is 14.8. The van der Waals surface area contributed by atoms with Gasteiger partial charge in [-0.25, -0.2) is 4.98 Å². The molecule has 1 aromatic carbocycles. The summed E-state index contributed by atoms with van der Waals surface area (Å²) in [6.45, 7) is 4.13. The molecule has 162 valence electrons. The first kappa shape index (κ1) is 20.4. The zero-order chi connectivity index (χ0) is 21.6. The molecule has 0 saturated heterocycles. The van der Waals surface area contributed by atoms with E-state index in [9.17, 15) is 9.59 Å². The first-order valence-electron chi connectivity index (χ1n) is 10.2. The van der Waals surface area contributed by atoms with Gasteiger partial charge in [0.25, 0.3) is 5.56 Å². The third-order valence-corrected chi connectivity index (χ3v) is 7.77. The highest BCUT2D eigenvalue weighted by atomic mass is 32.2. The molecule has 0 bridgehead atoms. The van der Waals surface area contributed by atoms with Gasteiger partial charge in [-0.1, -0.05) is 6.07 Å². The summed E-state index contributed by atoms with van der Waals surface area (Å²) >= 11 is 3.06. The minimum atomic E-state index is -0.554.